The molecule has 1 amide bonds. The molecule has 126 valence electrons. The van der Waals surface area contributed by atoms with E-state index in [0.717, 1.165) is 17.9 Å². The summed E-state index contributed by atoms with van der Waals surface area (Å²) in [5, 5.41) is 3.43. The molecule has 1 aliphatic rings. The molecule has 0 atom stereocenters. The number of nitrogens with one attached hydrogen (secondary N) is 2. The van der Waals surface area contributed by atoms with Crippen molar-refractivity contribution in [3.63, 3.8) is 0 Å². The van der Waals surface area contributed by atoms with E-state index in [-0.39, 0.29) is 22.5 Å². The van der Waals surface area contributed by atoms with E-state index in [1.54, 1.807) is 24.3 Å². The number of rotatable bonds is 6. The number of anilines is 1. The van der Waals surface area contributed by atoms with Crippen LogP contribution < -0.4 is 10.0 Å². The van der Waals surface area contributed by atoms with E-state index in [2.05, 4.69) is 15.0 Å². The Balaban J connectivity index is 1.77. The normalized spacial score (nSPS) is 14.4. The molecule has 1 fully saturated rings. The van der Waals surface area contributed by atoms with E-state index in [4.69, 9.17) is 0 Å². The van der Waals surface area contributed by atoms with Crippen LogP contribution in [0.15, 0.2) is 52.4 Å². The van der Waals surface area contributed by atoms with Gasteiger partial charge in [-0.15, -0.1) is 11.8 Å². The summed E-state index contributed by atoms with van der Waals surface area (Å²) in [6.45, 7) is 0. The van der Waals surface area contributed by atoms with Crippen molar-refractivity contribution in [3.05, 3.63) is 48.2 Å². The molecule has 0 aliphatic heterocycles. The summed E-state index contributed by atoms with van der Waals surface area (Å²) in [6.07, 6.45) is 3.62. The van der Waals surface area contributed by atoms with Gasteiger partial charge in [-0.1, -0.05) is 12.1 Å². The average molecular weight is 363 g/mol. The smallest absolute Gasteiger partial charge is 0.274 e. The number of pyridine rings is 1. The van der Waals surface area contributed by atoms with E-state index in [1.165, 1.54) is 23.9 Å². The van der Waals surface area contributed by atoms with Crippen LogP contribution in [0.1, 0.15) is 23.3 Å². The number of carbonyl (C=O) groups excluding carboxylic acids is 1. The maximum atomic E-state index is 12.3. The Hall–Kier alpha value is -1.90. The second-order valence-electron chi connectivity index (χ2n) is 5.44. The fourth-order valence-electron chi connectivity index (χ4n) is 2.08. The molecule has 0 bridgehead atoms. The summed E-state index contributed by atoms with van der Waals surface area (Å²) >= 11 is 1.45. The van der Waals surface area contributed by atoms with Crippen molar-refractivity contribution in [3.8, 4) is 0 Å². The zero-order chi connectivity index (χ0) is 17.2. The molecule has 1 aliphatic carbocycles. The van der Waals surface area contributed by atoms with Gasteiger partial charge in [0.15, 0.2) is 0 Å². The third-order valence-electron chi connectivity index (χ3n) is 3.47. The molecule has 2 aromatic rings. The molecule has 0 radical (unpaired) electrons. The van der Waals surface area contributed by atoms with Crippen molar-refractivity contribution in [2.45, 2.75) is 28.8 Å². The predicted octanol–water partition coefficient (Wildman–Crippen LogP) is 2.50. The summed E-state index contributed by atoms with van der Waals surface area (Å²) in [7, 11) is -3.55. The predicted molar refractivity (Wildman–Crippen MR) is 93.8 cm³/mol. The zero-order valence-corrected chi connectivity index (χ0v) is 14.7. The lowest BCUT2D eigenvalue weighted by Crippen LogP contribution is -2.25. The Bertz CT molecular complexity index is 864. The maximum Gasteiger partial charge on any atom is 0.274 e. The minimum absolute atomic E-state index is 0.0340. The topological polar surface area (TPSA) is 88.2 Å². The number of benzene rings is 1. The monoisotopic (exact) mass is 363 g/mol. The highest BCUT2D eigenvalue weighted by Gasteiger charge is 2.28. The van der Waals surface area contributed by atoms with E-state index < -0.39 is 10.0 Å². The van der Waals surface area contributed by atoms with Crippen molar-refractivity contribution in [2.75, 3.05) is 11.6 Å². The molecule has 1 aromatic carbocycles. The number of aromatic nitrogens is 1. The van der Waals surface area contributed by atoms with E-state index in [0.29, 0.717) is 5.69 Å². The van der Waals surface area contributed by atoms with Crippen LogP contribution in [0.5, 0.6) is 0 Å². The van der Waals surface area contributed by atoms with Crippen molar-refractivity contribution in [2.24, 2.45) is 0 Å². The third-order valence-corrected chi connectivity index (χ3v) is 5.63. The molecule has 3 rings (SSSR count). The van der Waals surface area contributed by atoms with Gasteiger partial charge in [0, 0.05) is 11.7 Å². The van der Waals surface area contributed by atoms with Gasteiger partial charge in [-0.3, -0.25) is 4.79 Å². The lowest BCUT2D eigenvalue weighted by atomic mass is 10.3. The first-order chi connectivity index (χ1) is 11.5. The van der Waals surface area contributed by atoms with Crippen LogP contribution in [0.25, 0.3) is 0 Å². The fraction of sp³-hybridized carbons (Fsp3) is 0.250. The molecule has 8 heteroatoms. The molecule has 1 heterocycles. The van der Waals surface area contributed by atoms with Gasteiger partial charge < -0.3 is 5.32 Å². The number of hydrogen-bond donors (Lipinski definition) is 2. The molecule has 0 spiro atoms. The van der Waals surface area contributed by atoms with E-state index in [1.807, 2.05) is 12.3 Å². The van der Waals surface area contributed by atoms with Crippen LogP contribution in [0, 0.1) is 0 Å². The summed E-state index contributed by atoms with van der Waals surface area (Å²) in [4.78, 5) is 16.6. The summed E-state index contributed by atoms with van der Waals surface area (Å²) < 4.78 is 27.1. The molecular weight excluding hydrogens is 346 g/mol. The Morgan fingerprint density at radius 2 is 1.96 bits per heavy atom. The number of thioether (sulfide) groups is 1. The summed E-state index contributed by atoms with van der Waals surface area (Å²) in [5.41, 5.74) is 0.696. The molecule has 6 nitrogen and oxygen atoms in total. The molecule has 1 saturated carbocycles. The molecular formula is C16H17N3O3S2. The van der Waals surface area contributed by atoms with E-state index in [9.17, 15) is 13.2 Å². The molecule has 0 unspecified atom stereocenters. The van der Waals surface area contributed by atoms with Crippen molar-refractivity contribution >= 4 is 33.4 Å². The van der Waals surface area contributed by atoms with Gasteiger partial charge >= 0.3 is 0 Å². The summed E-state index contributed by atoms with van der Waals surface area (Å²) in [5.74, 6) is -0.379. The standard InChI is InChI=1S/C16H17N3O3S2/c1-23-15-7-3-6-14(18-15)16(20)17-12-4-2-5-13(10-12)24(21,22)19-11-8-9-11/h2-7,10-11,19H,8-9H2,1H3,(H,17,20). The molecule has 24 heavy (non-hydrogen) atoms. The first kappa shape index (κ1) is 16.9. The minimum Gasteiger partial charge on any atom is -0.321 e. The first-order valence-corrected chi connectivity index (χ1v) is 10.1. The SMILES string of the molecule is CSc1cccc(C(=O)Nc2cccc(S(=O)(=O)NC3CC3)c2)n1. The lowest BCUT2D eigenvalue weighted by Gasteiger charge is -2.09. The highest BCUT2D eigenvalue weighted by atomic mass is 32.2. The first-order valence-electron chi connectivity index (χ1n) is 7.43. The molecule has 1 aromatic heterocycles. The van der Waals surface area contributed by atoms with Gasteiger partial charge in [-0.2, -0.15) is 0 Å². The van der Waals surface area contributed by atoms with Gasteiger partial charge in [-0.25, -0.2) is 18.1 Å². The summed E-state index contributed by atoms with van der Waals surface area (Å²) in [6, 6.07) is 11.4. The Morgan fingerprint density at radius 3 is 2.67 bits per heavy atom. The number of amides is 1. The van der Waals surface area contributed by atoms with Crippen LogP contribution in [0.4, 0.5) is 5.69 Å². The lowest BCUT2D eigenvalue weighted by molar-refractivity contribution is 0.102. The fourth-order valence-corrected chi connectivity index (χ4v) is 3.83. The van der Waals surface area contributed by atoms with Crippen LogP contribution in [-0.4, -0.2) is 31.6 Å². The number of hydrogen-bond acceptors (Lipinski definition) is 5. The van der Waals surface area contributed by atoms with Crippen molar-refractivity contribution in [1.29, 1.82) is 0 Å². The molecule has 0 saturated heterocycles. The Kier molecular flexibility index (Phi) is 4.88. The van der Waals surface area contributed by atoms with Gasteiger partial charge in [0.2, 0.25) is 10.0 Å². The Morgan fingerprint density at radius 1 is 1.21 bits per heavy atom. The van der Waals surface area contributed by atoms with Gasteiger partial charge in [0.25, 0.3) is 5.91 Å². The maximum absolute atomic E-state index is 12.3. The van der Waals surface area contributed by atoms with Crippen LogP contribution in [-0.2, 0) is 10.0 Å². The second kappa shape index (κ2) is 6.92. The minimum atomic E-state index is -3.55. The second-order valence-corrected chi connectivity index (χ2v) is 7.98. The van der Waals surface area contributed by atoms with Crippen molar-refractivity contribution < 1.29 is 13.2 Å². The van der Waals surface area contributed by atoms with Gasteiger partial charge in [0.05, 0.1) is 9.92 Å². The van der Waals surface area contributed by atoms with Gasteiger partial charge in [-0.05, 0) is 49.4 Å². The largest absolute Gasteiger partial charge is 0.321 e. The highest BCUT2D eigenvalue weighted by Crippen LogP contribution is 2.23. The number of nitrogens with zero attached hydrogens (tertiary/aromatic N) is 1. The quantitative estimate of drug-likeness (QED) is 0.770. The van der Waals surface area contributed by atoms with Crippen molar-refractivity contribution in [1.82, 2.24) is 9.71 Å². The third kappa shape index (κ3) is 4.14. The number of carbonyl (C=O) groups is 1. The average Bonchev–Trinajstić information content (AvgIpc) is 3.38. The van der Waals surface area contributed by atoms with E-state index >= 15 is 0 Å². The molecule has 2 N–H and O–H groups in total. The van der Waals surface area contributed by atoms with Crippen LogP contribution >= 0.6 is 11.8 Å². The number of sulfonamides is 1. The highest BCUT2D eigenvalue weighted by molar-refractivity contribution is 7.98. The van der Waals surface area contributed by atoms with Crippen LogP contribution in [0.3, 0.4) is 0 Å². The Labute approximate surface area is 145 Å². The van der Waals surface area contributed by atoms with Crippen LogP contribution in [0.2, 0.25) is 0 Å². The van der Waals surface area contributed by atoms with Gasteiger partial charge in [0.1, 0.15) is 5.69 Å². The zero-order valence-electron chi connectivity index (χ0n) is 13.0.